The van der Waals surface area contributed by atoms with Crippen LogP contribution >= 0.6 is 0 Å². The van der Waals surface area contributed by atoms with Crippen molar-refractivity contribution >= 4 is 0 Å². The van der Waals surface area contributed by atoms with E-state index in [1.807, 2.05) is 6.92 Å². The van der Waals surface area contributed by atoms with E-state index in [1.165, 1.54) is 6.92 Å². The lowest BCUT2D eigenvalue weighted by Gasteiger charge is -2.31. The molecule has 0 aliphatic carbocycles. The maximum atomic E-state index is 13.0. The number of phenols is 1. The van der Waals surface area contributed by atoms with Gasteiger partial charge in [0.05, 0.1) is 0 Å². The quantitative estimate of drug-likeness (QED) is 0.865. The Bertz CT molecular complexity index is 473. The van der Waals surface area contributed by atoms with Crippen LogP contribution in [0.3, 0.4) is 0 Å². The van der Waals surface area contributed by atoms with Crippen LogP contribution in [0.5, 0.6) is 5.75 Å². The second-order valence-corrected chi connectivity index (χ2v) is 5.00. The average molecular weight is 276 g/mol. The Hall–Kier alpha value is -1.23. The summed E-state index contributed by atoms with van der Waals surface area (Å²) in [6.45, 7) is 7.30. The van der Waals surface area contributed by atoms with E-state index in [0.717, 1.165) is 5.56 Å². The van der Waals surface area contributed by atoms with Gasteiger partial charge in [0.25, 0.3) is 0 Å². The number of halogens is 3. The Morgan fingerprint density at radius 2 is 1.47 bits per heavy atom. The van der Waals surface area contributed by atoms with Crippen molar-refractivity contribution in [1.29, 1.82) is 0 Å². The number of alkyl halides is 3. The highest BCUT2D eigenvalue weighted by Gasteiger charge is 2.53. The van der Waals surface area contributed by atoms with Crippen LogP contribution in [0.25, 0.3) is 0 Å². The smallest absolute Gasteiger partial charge is 0.421 e. The second-order valence-electron chi connectivity index (χ2n) is 5.00. The zero-order valence-corrected chi connectivity index (χ0v) is 11.7. The van der Waals surface area contributed by atoms with Gasteiger partial charge >= 0.3 is 6.18 Å². The summed E-state index contributed by atoms with van der Waals surface area (Å²) in [7, 11) is 0. The minimum absolute atomic E-state index is 0.280. The van der Waals surface area contributed by atoms with E-state index in [0.29, 0.717) is 24.5 Å². The van der Waals surface area contributed by atoms with Crippen molar-refractivity contribution in [2.45, 2.75) is 52.8 Å². The molecule has 2 nitrogen and oxygen atoms in total. The minimum Gasteiger partial charge on any atom is -0.507 e. The molecule has 1 atom stereocenters. The van der Waals surface area contributed by atoms with E-state index >= 15 is 0 Å². The van der Waals surface area contributed by atoms with E-state index < -0.39 is 23.1 Å². The van der Waals surface area contributed by atoms with E-state index in [-0.39, 0.29) is 5.56 Å². The predicted octanol–water partition coefficient (Wildman–Crippen LogP) is 3.65. The lowest BCUT2D eigenvalue weighted by molar-refractivity contribution is -0.259. The lowest BCUT2D eigenvalue weighted by Crippen LogP contribution is -2.40. The van der Waals surface area contributed by atoms with Gasteiger partial charge in [0, 0.05) is 5.56 Å². The van der Waals surface area contributed by atoms with Crippen LogP contribution in [-0.2, 0) is 12.0 Å². The van der Waals surface area contributed by atoms with Gasteiger partial charge in [0.15, 0.2) is 5.60 Å². The number of hydrogen-bond acceptors (Lipinski definition) is 2. The zero-order valence-electron chi connectivity index (χ0n) is 11.7. The normalized spacial score (nSPS) is 15.4. The Labute approximate surface area is 110 Å². The van der Waals surface area contributed by atoms with Crippen LogP contribution in [0, 0.1) is 20.8 Å². The highest BCUT2D eigenvalue weighted by atomic mass is 19.4. The molecule has 1 rings (SSSR count). The summed E-state index contributed by atoms with van der Waals surface area (Å²) in [4.78, 5) is 0. The van der Waals surface area contributed by atoms with Crippen LogP contribution in [0.1, 0.15) is 41.7 Å². The van der Waals surface area contributed by atoms with Crippen molar-refractivity contribution < 1.29 is 23.4 Å². The van der Waals surface area contributed by atoms with Crippen LogP contribution in [-0.4, -0.2) is 16.4 Å². The highest BCUT2D eigenvalue weighted by molar-refractivity contribution is 5.56. The van der Waals surface area contributed by atoms with Gasteiger partial charge in [-0.1, -0.05) is 6.92 Å². The number of rotatable bonds is 2. The van der Waals surface area contributed by atoms with Gasteiger partial charge < -0.3 is 10.2 Å². The third kappa shape index (κ3) is 2.31. The van der Waals surface area contributed by atoms with Crippen molar-refractivity contribution in [2.75, 3.05) is 0 Å². The molecule has 0 fully saturated rings. The van der Waals surface area contributed by atoms with Crippen molar-refractivity contribution in [3.8, 4) is 5.75 Å². The molecule has 1 unspecified atom stereocenters. The van der Waals surface area contributed by atoms with E-state index in [1.54, 1.807) is 13.8 Å². The summed E-state index contributed by atoms with van der Waals surface area (Å²) in [5.74, 6) is -0.470. The Morgan fingerprint density at radius 3 is 1.84 bits per heavy atom. The summed E-state index contributed by atoms with van der Waals surface area (Å²) in [6.07, 6.45) is -4.23. The molecular weight excluding hydrogens is 257 g/mol. The standard InChI is InChI=1S/C14H19F3O2/c1-6-10-7(2)8(3)11(12(18)9(10)4)13(5,19)14(15,16)17/h18-19H,6H2,1-5H3. The monoisotopic (exact) mass is 276 g/mol. The molecule has 0 aliphatic heterocycles. The summed E-state index contributed by atoms with van der Waals surface area (Å²) in [5, 5.41) is 19.9. The molecule has 0 bridgehead atoms. The number of aliphatic hydroxyl groups is 1. The lowest BCUT2D eigenvalue weighted by atomic mass is 9.83. The van der Waals surface area contributed by atoms with E-state index in [4.69, 9.17) is 0 Å². The van der Waals surface area contributed by atoms with E-state index in [2.05, 4.69) is 0 Å². The second kappa shape index (κ2) is 4.71. The van der Waals surface area contributed by atoms with Crippen LogP contribution in [0.4, 0.5) is 13.2 Å². The molecule has 5 heteroatoms. The SMILES string of the molecule is CCc1c(C)c(C)c(C(C)(O)C(F)(F)F)c(O)c1C. The Kier molecular flexibility index (Phi) is 3.92. The Balaban J connectivity index is 3.73. The summed E-state index contributed by atoms with van der Waals surface area (Å²) in [5.41, 5.74) is -1.35. The van der Waals surface area contributed by atoms with Gasteiger partial charge in [-0.15, -0.1) is 0 Å². The molecule has 0 amide bonds. The molecule has 2 N–H and O–H groups in total. The predicted molar refractivity (Wildman–Crippen MR) is 67.3 cm³/mol. The first-order valence-electron chi connectivity index (χ1n) is 6.07. The van der Waals surface area contributed by atoms with Crippen LogP contribution in [0.15, 0.2) is 0 Å². The molecule has 0 radical (unpaired) electrons. The fraction of sp³-hybridized carbons (Fsp3) is 0.571. The maximum Gasteiger partial charge on any atom is 0.421 e. The zero-order chi connectivity index (χ0) is 15.2. The van der Waals surface area contributed by atoms with Gasteiger partial charge in [-0.3, -0.25) is 0 Å². The number of aromatic hydroxyl groups is 1. The first kappa shape index (κ1) is 15.8. The van der Waals surface area contributed by atoms with Crippen LogP contribution < -0.4 is 0 Å². The fourth-order valence-corrected chi connectivity index (χ4v) is 2.47. The molecule has 0 saturated heterocycles. The maximum absolute atomic E-state index is 13.0. The number of benzene rings is 1. The third-order valence-corrected chi connectivity index (χ3v) is 3.83. The number of hydrogen-bond donors (Lipinski definition) is 2. The molecule has 108 valence electrons. The molecule has 1 aromatic rings. The molecule has 0 heterocycles. The molecule has 0 aliphatic rings. The summed E-state index contributed by atoms with van der Waals surface area (Å²) in [6, 6.07) is 0. The molecular formula is C14H19F3O2. The molecule has 0 spiro atoms. The highest BCUT2D eigenvalue weighted by Crippen LogP contribution is 2.46. The van der Waals surface area contributed by atoms with Crippen molar-refractivity contribution in [1.82, 2.24) is 0 Å². The number of phenolic OH excluding ortho intramolecular Hbond substituents is 1. The first-order chi connectivity index (χ1) is 8.46. The molecule has 19 heavy (non-hydrogen) atoms. The van der Waals surface area contributed by atoms with Gasteiger partial charge in [-0.05, 0) is 56.4 Å². The van der Waals surface area contributed by atoms with Crippen molar-refractivity contribution in [3.05, 3.63) is 27.8 Å². The Morgan fingerprint density at radius 1 is 1.00 bits per heavy atom. The molecule has 0 saturated carbocycles. The fourth-order valence-electron chi connectivity index (χ4n) is 2.47. The molecule has 0 aromatic heterocycles. The van der Waals surface area contributed by atoms with E-state index in [9.17, 15) is 23.4 Å². The van der Waals surface area contributed by atoms with Crippen molar-refractivity contribution in [2.24, 2.45) is 0 Å². The first-order valence-corrected chi connectivity index (χ1v) is 6.07. The van der Waals surface area contributed by atoms with Crippen molar-refractivity contribution in [3.63, 3.8) is 0 Å². The summed E-state index contributed by atoms with van der Waals surface area (Å²) < 4.78 is 38.9. The average Bonchev–Trinajstić information content (AvgIpc) is 2.26. The van der Waals surface area contributed by atoms with Gasteiger partial charge in [-0.2, -0.15) is 13.2 Å². The largest absolute Gasteiger partial charge is 0.507 e. The summed E-state index contributed by atoms with van der Waals surface area (Å²) >= 11 is 0. The third-order valence-electron chi connectivity index (χ3n) is 3.83. The molecule has 1 aromatic carbocycles. The minimum atomic E-state index is -4.85. The van der Waals surface area contributed by atoms with Crippen LogP contribution in [0.2, 0.25) is 0 Å². The van der Waals surface area contributed by atoms with Gasteiger partial charge in [0.1, 0.15) is 5.75 Å². The van der Waals surface area contributed by atoms with Gasteiger partial charge in [0.2, 0.25) is 0 Å². The topological polar surface area (TPSA) is 40.5 Å². The van der Waals surface area contributed by atoms with Gasteiger partial charge in [-0.25, -0.2) is 0 Å².